The highest BCUT2D eigenvalue weighted by Crippen LogP contribution is 2.21. The molecule has 148 valence electrons. The lowest BCUT2D eigenvalue weighted by atomic mass is 10.2. The number of carbonyl (C=O) groups excluding carboxylic acids is 2. The van der Waals surface area contributed by atoms with Crippen LogP contribution in [0.5, 0.6) is 5.75 Å². The third-order valence-corrected chi connectivity index (χ3v) is 4.92. The highest BCUT2D eigenvalue weighted by molar-refractivity contribution is 5.94. The molecule has 1 aliphatic heterocycles. The molecule has 28 heavy (non-hydrogen) atoms. The summed E-state index contributed by atoms with van der Waals surface area (Å²) in [6, 6.07) is 16.5. The number of aryl methyl sites for hydroxylation is 1. The second-order valence-corrected chi connectivity index (χ2v) is 7.07. The summed E-state index contributed by atoms with van der Waals surface area (Å²) >= 11 is 0. The number of para-hydroxylation sites is 1. The van der Waals surface area contributed by atoms with Gasteiger partial charge in [-0.25, -0.2) is 4.79 Å². The second kappa shape index (κ2) is 9.26. The van der Waals surface area contributed by atoms with E-state index in [1.54, 1.807) is 16.8 Å². The SMILES string of the molecule is Cc1ccc(OCCN(C)C(=O)C2CCCN2C(=O)Nc2ccccc2)cc1. The van der Waals surface area contributed by atoms with Gasteiger partial charge in [0.15, 0.2) is 0 Å². The topological polar surface area (TPSA) is 61.9 Å². The number of likely N-dealkylation sites (N-methyl/N-ethyl adjacent to an activating group) is 1. The Bertz CT molecular complexity index is 792. The van der Waals surface area contributed by atoms with Gasteiger partial charge in [-0.1, -0.05) is 35.9 Å². The lowest BCUT2D eigenvalue weighted by Gasteiger charge is -2.28. The van der Waals surface area contributed by atoms with Crippen molar-refractivity contribution < 1.29 is 14.3 Å². The molecule has 1 heterocycles. The fourth-order valence-corrected chi connectivity index (χ4v) is 3.28. The Labute approximate surface area is 166 Å². The first kappa shape index (κ1) is 19.7. The van der Waals surface area contributed by atoms with Crippen LogP contribution < -0.4 is 10.1 Å². The smallest absolute Gasteiger partial charge is 0.322 e. The Morgan fingerprint density at radius 3 is 2.57 bits per heavy atom. The number of anilines is 1. The number of nitrogens with zero attached hydrogens (tertiary/aromatic N) is 2. The van der Waals surface area contributed by atoms with Crippen LogP contribution in [0.4, 0.5) is 10.5 Å². The first-order chi connectivity index (χ1) is 13.5. The van der Waals surface area contributed by atoms with Crippen LogP contribution in [0.15, 0.2) is 54.6 Å². The highest BCUT2D eigenvalue weighted by Gasteiger charge is 2.35. The number of benzene rings is 2. The standard InChI is InChI=1S/C22H27N3O3/c1-17-10-12-19(13-11-17)28-16-15-24(2)21(26)20-9-6-14-25(20)22(27)23-18-7-4-3-5-8-18/h3-5,7-8,10-13,20H,6,9,14-16H2,1-2H3,(H,23,27). The van der Waals surface area contributed by atoms with Crippen LogP contribution in [0.25, 0.3) is 0 Å². The summed E-state index contributed by atoms with van der Waals surface area (Å²) in [7, 11) is 1.76. The summed E-state index contributed by atoms with van der Waals surface area (Å²) in [4.78, 5) is 28.7. The fraction of sp³-hybridized carbons (Fsp3) is 0.364. The molecular weight excluding hydrogens is 354 g/mol. The van der Waals surface area contributed by atoms with Gasteiger partial charge in [-0.3, -0.25) is 4.79 Å². The van der Waals surface area contributed by atoms with Crippen molar-refractivity contribution in [3.05, 3.63) is 60.2 Å². The molecule has 0 spiro atoms. The van der Waals surface area contributed by atoms with Crippen LogP contribution in [0.3, 0.4) is 0 Å². The number of ether oxygens (including phenoxy) is 1. The van der Waals surface area contributed by atoms with Gasteiger partial charge in [0, 0.05) is 19.3 Å². The van der Waals surface area contributed by atoms with E-state index >= 15 is 0 Å². The third kappa shape index (κ3) is 5.03. The van der Waals surface area contributed by atoms with Crippen molar-refractivity contribution in [3.8, 4) is 5.75 Å². The molecule has 3 rings (SSSR count). The van der Waals surface area contributed by atoms with Gasteiger partial charge in [0.25, 0.3) is 0 Å². The number of carbonyl (C=O) groups is 2. The maximum atomic E-state index is 12.8. The number of nitrogens with one attached hydrogen (secondary N) is 1. The fourth-order valence-electron chi connectivity index (χ4n) is 3.28. The molecule has 0 aromatic heterocycles. The van der Waals surface area contributed by atoms with Crippen LogP contribution >= 0.6 is 0 Å². The van der Waals surface area contributed by atoms with Crippen LogP contribution in [0, 0.1) is 6.92 Å². The van der Waals surface area contributed by atoms with Gasteiger partial charge in [0.05, 0.1) is 6.54 Å². The zero-order valence-electron chi connectivity index (χ0n) is 16.4. The number of hydrogen-bond acceptors (Lipinski definition) is 3. The molecule has 2 aromatic rings. The lowest BCUT2D eigenvalue weighted by molar-refractivity contribution is -0.134. The summed E-state index contributed by atoms with van der Waals surface area (Å²) in [6.07, 6.45) is 1.51. The van der Waals surface area contributed by atoms with E-state index in [2.05, 4.69) is 5.32 Å². The zero-order valence-corrected chi connectivity index (χ0v) is 16.4. The third-order valence-electron chi connectivity index (χ3n) is 4.92. The monoisotopic (exact) mass is 381 g/mol. The van der Waals surface area contributed by atoms with E-state index in [0.717, 1.165) is 17.9 Å². The summed E-state index contributed by atoms with van der Waals surface area (Å²) in [6.45, 7) is 3.49. The van der Waals surface area contributed by atoms with E-state index < -0.39 is 6.04 Å². The minimum absolute atomic E-state index is 0.0479. The molecule has 1 saturated heterocycles. The molecule has 0 saturated carbocycles. The predicted molar refractivity (Wildman–Crippen MR) is 109 cm³/mol. The summed E-state index contributed by atoms with van der Waals surface area (Å²) < 4.78 is 5.71. The van der Waals surface area contributed by atoms with Crippen molar-refractivity contribution >= 4 is 17.6 Å². The molecule has 1 atom stereocenters. The molecule has 1 fully saturated rings. The van der Waals surface area contributed by atoms with Gasteiger partial charge in [-0.15, -0.1) is 0 Å². The second-order valence-electron chi connectivity index (χ2n) is 7.07. The molecule has 1 N–H and O–H groups in total. The predicted octanol–water partition coefficient (Wildman–Crippen LogP) is 3.53. The van der Waals surface area contributed by atoms with E-state index in [-0.39, 0.29) is 11.9 Å². The summed E-state index contributed by atoms with van der Waals surface area (Å²) in [5, 5.41) is 2.87. The van der Waals surface area contributed by atoms with Gasteiger partial charge in [0.1, 0.15) is 18.4 Å². The average Bonchev–Trinajstić information content (AvgIpc) is 3.19. The van der Waals surface area contributed by atoms with E-state index in [9.17, 15) is 9.59 Å². The van der Waals surface area contributed by atoms with E-state index in [0.29, 0.717) is 26.1 Å². The summed E-state index contributed by atoms with van der Waals surface area (Å²) in [5.74, 6) is 0.740. The van der Waals surface area contributed by atoms with Crippen LogP contribution in [-0.4, -0.2) is 54.5 Å². The Hall–Kier alpha value is -3.02. The number of likely N-dealkylation sites (tertiary alicyclic amines) is 1. The van der Waals surface area contributed by atoms with Crippen LogP contribution in [-0.2, 0) is 4.79 Å². The normalized spacial score (nSPS) is 15.9. The van der Waals surface area contributed by atoms with Crippen molar-refractivity contribution in [2.45, 2.75) is 25.8 Å². The first-order valence-electron chi connectivity index (χ1n) is 9.62. The van der Waals surface area contributed by atoms with Gasteiger partial charge in [-0.2, -0.15) is 0 Å². The van der Waals surface area contributed by atoms with Crippen molar-refractivity contribution in [1.82, 2.24) is 9.80 Å². The molecule has 2 aromatic carbocycles. The quantitative estimate of drug-likeness (QED) is 0.833. The van der Waals surface area contributed by atoms with Crippen molar-refractivity contribution in [2.24, 2.45) is 0 Å². The van der Waals surface area contributed by atoms with Gasteiger partial charge in [-0.05, 0) is 44.0 Å². The molecule has 1 unspecified atom stereocenters. The Kier molecular flexibility index (Phi) is 6.53. The molecule has 0 radical (unpaired) electrons. The summed E-state index contributed by atoms with van der Waals surface area (Å²) in [5.41, 5.74) is 1.90. The highest BCUT2D eigenvalue weighted by atomic mass is 16.5. The van der Waals surface area contributed by atoms with Crippen LogP contribution in [0.2, 0.25) is 0 Å². The molecular formula is C22H27N3O3. The molecule has 3 amide bonds. The number of urea groups is 1. The largest absolute Gasteiger partial charge is 0.492 e. The Morgan fingerprint density at radius 1 is 1.14 bits per heavy atom. The minimum atomic E-state index is -0.423. The van der Waals surface area contributed by atoms with Crippen molar-refractivity contribution in [2.75, 3.05) is 32.1 Å². The van der Waals surface area contributed by atoms with Crippen LogP contribution in [0.1, 0.15) is 18.4 Å². The lowest BCUT2D eigenvalue weighted by Crippen LogP contribution is -2.48. The van der Waals surface area contributed by atoms with E-state index in [1.165, 1.54) is 5.56 Å². The van der Waals surface area contributed by atoms with E-state index in [4.69, 9.17) is 4.74 Å². The molecule has 6 nitrogen and oxygen atoms in total. The zero-order chi connectivity index (χ0) is 19.9. The number of amides is 3. The first-order valence-corrected chi connectivity index (χ1v) is 9.62. The van der Waals surface area contributed by atoms with E-state index in [1.807, 2.05) is 61.5 Å². The Morgan fingerprint density at radius 2 is 1.86 bits per heavy atom. The van der Waals surface area contributed by atoms with Crippen molar-refractivity contribution in [1.29, 1.82) is 0 Å². The van der Waals surface area contributed by atoms with Gasteiger partial charge in [0.2, 0.25) is 5.91 Å². The Balaban J connectivity index is 1.51. The average molecular weight is 381 g/mol. The molecule has 0 aliphatic carbocycles. The maximum absolute atomic E-state index is 12.8. The van der Waals surface area contributed by atoms with Crippen molar-refractivity contribution in [3.63, 3.8) is 0 Å². The molecule has 1 aliphatic rings. The molecule has 0 bridgehead atoms. The van der Waals surface area contributed by atoms with Gasteiger partial charge >= 0.3 is 6.03 Å². The number of hydrogen-bond donors (Lipinski definition) is 1. The molecule has 6 heteroatoms. The maximum Gasteiger partial charge on any atom is 0.322 e. The van der Waals surface area contributed by atoms with Gasteiger partial charge < -0.3 is 19.9 Å². The minimum Gasteiger partial charge on any atom is -0.492 e. The number of rotatable bonds is 6.